The van der Waals surface area contributed by atoms with Gasteiger partial charge in [0.2, 0.25) is 11.8 Å². The Hall–Kier alpha value is -2.21. The highest BCUT2D eigenvalue weighted by Crippen LogP contribution is 2.28. The molecule has 0 spiro atoms. The zero-order valence-corrected chi connectivity index (χ0v) is 14.1. The summed E-state index contributed by atoms with van der Waals surface area (Å²) < 4.78 is 5.38. The molecule has 1 saturated heterocycles. The number of anilines is 1. The number of nitriles is 1. The van der Waals surface area contributed by atoms with Crippen LogP contribution in [0, 0.1) is 18.3 Å². The van der Waals surface area contributed by atoms with Gasteiger partial charge in [-0.1, -0.05) is 11.6 Å². The number of aromatic nitrogens is 3. The number of β-amino-alcohol motifs (C(OH)–C–C–N with tert-alkyl or cyclic N) is 1. The Morgan fingerprint density at radius 2 is 2.29 bits per heavy atom. The molecule has 1 N–H and O–H groups in total. The van der Waals surface area contributed by atoms with Crippen molar-refractivity contribution in [1.82, 2.24) is 20.1 Å². The molecule has 1 aliphatic rings. The van der Waals surface area contributed by atoms with Crippen LogP contribution in [0.4, 0.5) is 5.82 Å². The summed E-state index contributed by atoms with van der Waals surface area (Å²) in [6.45, 7) is 3.16. The van der Waals surface area contributed by atoms with E-state index in [9.17, 15) is 5.11 Å². The van der Waals surface area contributed by atoms with Gasteiger partial charge in [0.25, 0.3) is 0 Å². The van der Waals surface area contributed by atoms with Crippen molar-refractivity contribution in [2.75, 3.05) is 25.0 Å². The minimum absolute atomic E-state index is 0.120. The molecule has 0 unspecified atom stereocenters. The monoisotopic (exact) mass is 348 g/mol. The van der Waals surface area contributed by atoms with E-state index >= 15 is 0 Å². The van der Waals surface area contributed by atoms with Gasteiger partial charge < -0.3 is 14.4 Å². The van der Waals surface area contributed by atoms with E-state index in [1.165, 1.54) is 6.20 Å². The van der Waals surface area contributed by atoms with E-state index < -0.39 is 6.10 Å². The van der Waals surface area contributed by atoms with Gasteiger partial charge in [0.15, 0.2) is 0 Å². The smallest absolute Gasteiger partial charge is 0.230 e. The molecule has 2 atom stereocenters. The summed E-state index contributed by atoms with van der Waals surface area (Å²) in [6.07, 6.45) is 0.916. The first kappa shape index (κ1) is 16.6. The molecule has 0 aliphatic carbocycles. The normalized spacial score (nSPS) is 20.6. The molecule has 0 saturated carbocycles. The summed E-state index contributed by atoms with van der Waals surface area (Å²) in [5, 5.41) is 27.5. The van der Waals surface area contributed by atoms with Crippen molar-refractivity contribution in [3.63, 3.8) is 0 Å². The molecule has 24 heavy (non-hydrogen) atoms. The molecule has 9 heteroatoms. The fourth-order valence-electron chi connectivity index (χ4n) is 2.83. The summed E-state index contributed by atoms with van der Waals surface area (Å²) in [5.41, 5.74) is 0.406. The zero-order chi connectivity index (χ0) is 17.3. The van der Waals surface area contributed by atoms with Crippen LogP contribution in [0.2, 0.25) is 5.02 Å². The maximum absolute atomic E-state index is 10.4. The first-order chi connectivity index (χ1) is 11.5. The lowest BCUT2D eigenvalue weighted by atomic mass is 10.2. The maximum atomic E-state index is 10.4. The van der Waals surface area contributed by atoms with Crippen LogP contribution >= 0.6 is 11.6 Å². The summed E-state index contributed by atoms with van der Waals surface area (Å²) in [7, 11) is 1.89. The van der Waals surface area contributed by atoms with Gasteiger partial charge in [0, 0.05) is 26.2 Å². The van der Waals surface area contributed by atoms with E-state index in [2.05, 4.69) is 15.2 Å². The van der Waals surface area contributed by atoms with E-state index in [1.54, 1.807) is 13.0 Å². The number of hydrogen-bond acceptors (Lipinski definition) is 8. The number of halogens is 1. The minimum atomic E-state index is -0.562. The zero-order valence-electron chi connectivity index (χ0n) is 13.3. The highest BCUT2D eigenvalue weighted by atomic mass is 35.5. The van der Waals surface area contributed by atoms with Crippen LogP contribution in [0.1, 0.15) is 17.3 Å². The maximum Gasteiger partial charge on any atom is 0.230 e. The molecule has 0 amide bonds. The van der Waals surface area contributed by atoms with Gasteiger partial charge in [-0.15, -0.1) is 10.2 Å². The third-order valence-corrected chi connectivity index (χ3v) is 4.31. The molecule has 1 fully saturated rings. The molecule has 8 nitrogen and oxygen atoms in total. The summed E-state index contributed by atoms with van der Waals surface area (Å²) in [6, 6.07) is 3.46. The molecular weight excluding hydrogens is 332 g/mol. The Balaban J connectivity index is 1.71. The molecule has 0 bridgehead atoms. The Labute approximate surface area is 144 Å². The second-order valence-corrected chi connectivity index (χ2v) is 6.22. The molecule has 2 aromatic heterocycles. The van der Waals surface area contributed by atoms with E-state index in [1.807, 2.05) is 22.9 Å². The second-order valence-electron chi connectivity index (χ2n) is 5.81. The topological polar surface area (TPSA) is 102 Å². The average molecular weight is 349 g/mol. The summed E-state index contributed by atoms with van der Waals surface area (Å²) in [5.74, 6) is 1.59. The van der Waals surface area contributed by atoms with Gasteiger partial charge in [0.05, 0.1) is 29.3 Å². The molecule has 3 rings (SSSR count). The second kappa shape index (κ2) is 6.73. The largest absolute Gasteiger partial charge is 0.424 e. The molecule has 2 aromatic rings. The lowest BCUT2D eigenvalue weighted by molar-refractivity contribution is 0.0903. The number of pyridine rings is 1. The first-order valence-electron chi connectivity index (χ1n) is 7.46. The van der Waals surface area contributed by atoms with Gasteiger partial charge in [-0.05, 0) is 13.1 Å². The number of aliphatic hydroxyl groups excluding tert-OH is 1. The quantitative estimate of drug-likeness (QED) is 0.872. The number of nitrogens with zero attached hydrogens (tertiary/aromatic N) is 6. The number of aryl methyl sites for hydroxylation is 1. The summed E-state index contributed by atoms with van der Waals surface area (Å²) >= 11 is 6.21. The third kappa shape index (κ3) is 3.33. The first-order valence-corrected chi connectivity index (χ1v) is 7.83. The van der Waals surface area contributed by atoms with E-state index in [-0.39, 0.29) is 6.04 Å². The highest BCUT2D eigenvalue weighted by Gasteiger charge is 2.36. The predicted molar refractivity (Wildman–Crippen MR) is 86.5 cm³/mol. The molecular formula is C15H17ClN6O2. The summed E-state index contributed by atoms with van der Waals surface area (Å²) in [4.78, 5) is 8.13. The molecule has 0 aromatic carbocycles. The van der Waals surface area contributed by atoms with E-state index in [0.29, 0.717) is 47.8 Å². The Kier molecular flexibility index (Phi) is 4.66. The number of rotatable bonds is 4. The lowest BCUT2D eigenvalue weighted by Gasteiger charge is -2.25. The van der Waals surface area contributed by atoms with E-state index in [0.717, 1.165) is 0 Å². The Morgan fingerprint density at radius 1 is 1.50 bits per heavy atom. The molecule has 1 aliphatic heterocycles. The number of aliphatic hydroxyl groups is 1. The van der Waals surface area contributed by atoms with Gasteiger partial charge in [-0.2, -0.15) is 5.26 Å². The SMILES string of the molecule is Cc1nnc(CN(C)[C@H]2CN(c3ncc(C#N)cc3Cl)C[C@H]2O)o1. The highest BCUT2D eigenvalue weighted by molar-refractivity contribution is 6.33. The van der Waals surface area contributed by atoms with E-state index in [4.69, 9.17) is 21.3 Å². The third-order valence-electron chi connectivity index (χ3n) is 4.03. The van der Waals surface area contributed by atoms with Crippen LogP contribution in [0.15, 0.2) is 16.7 Å². The number of likely N-dealkylation sites (N-methyl/N-ethyl adjacent to an activating group) is 1. The van der Waals surface area contributed by atoms with Crippen LogP contribution in [0.5, 0.6) is 0 Å². The van der Waals surface area contributed by atoms with Gasteiger partial charge in [-0.25, -0.2) is 4.98 Å². The fourth-order valence-corrected chi connectivity index (χ4v) is 3.12. The minimum Gasteiger partial charge on any atom is -0.424 e. The molecule has 126 valence electrons. The van der Waals surface area contributed by atoms with Crippen LogP contribution in [0.25, 0.3) is 0 Å². The fraction of sp³-hybridized carbons (Fsp3) is 0.467. The van der Waals surface area contributed by atoms with Crippen LogP contribution in [0.3, 0.4) is 0 Å². The lowest BCUT2D eigenvalue weighted by Crippen LogP contribution is -2.40. The standard InChI is InChI=1S/C15H17ClN6O2/c1-9-19-20-14(24-9)8-21(2)12-6-22(7-13(12)23)15-11(16)3-10(4-17)5-18-15/h3,5,12-13,23H,6-8H2,1-2H3/t12-,13+/m0/s1. The average Bonchev–Trinajstić information content (AvgIpc) is 3.13. The van der Waals surface area contributed by atoms with Crippen molar-refractivity contribution in [3.05, 3.63) is 34.6 Å². The Bertz CT molecular complexity index is 774. The van der Waals surface area contributed by atoms with Crippen LogP contribution in [-0.4, -0.2) is 57.5 Å². The van der Waals surface area contributed by atoms with Crippen molar-refractivity contribution in [1.29, 1.82) is 5.26 Å². The van der Waals surface area contributed by atoms with Crippen LogP contribution in [-0.2, 0) is 6.54 Å². The Morgan fingerprint density at radius 3 is 2.92 bits per heavy atom. The van der Waals surface area contributed by atoms with Crippen molar-refractivity contribution < 1.29 is 9.52 Å². The van der Waals surface area contributed by atoms with Gasteiger partial charge in [0.1, 0.15) is 11.9 Å². The number of hydrogen-bond donors (Lipinski definition) is 1. The predicted octanol–water partition coefficient (Wildman–Crippen LogP) is 0.980. The van der Waals surface area contributed by atoms with Gasteiger partial charge >= 0.3 is 0 Å². The van der Waals surface area contributed by atoms with Crippen molar-refractivity contribution in [3.8, 4) is 6.07 Å². The van der Waals surface area contributed by atoms with Gasteiger partial charge in [-0.3, -0.25) is 4.90 Å². The van der Waals surface area contributed by atoms with Crippen molar-refractivity contribution >= 4 is 17.4 Å². The molecule has 3 heterocycles. The van der Waals surface area contributed by atoms with Crippen molar-refractivity contribution in [2.45, 2.75) is 25.6 Å². The molecule has 0 radical (unpaired) electrons. The van der Waals surface area contributed by atoms with Crippen molar-refractivity contribution in [2.24, 2.45) is 0 Å². The van der Waals surface area contributed by atoms with Crippen LogP contribution < -0.4 is 4.90 Å².